The van der Waals surface area contributed by atoms with E-state index in [2.05, 4.69) is 78.7 Å². The highest BCUT2D eigenvalue weighted by atomic mass is 15.1. The van der Waals surface area contributed by atoms with Crippen LogP contribution in [0.1, 0.15) is 16.7 Å². The van der Waals surface area contributed by atoms with Gasteiger partial charge in [0, 0.05) is 11.8 Å². The van der Waals surface area contributed by atoms with Gasteiger partial charge in [-0.1, -0.05) is 72.3 Å². The molecule has 0 aromatic heterocycles. The van der Waals surface area contributed by atoms with E-state index >= 15 is 0 Å². The molecule has 0 atom stereocenters. The van der Waals surface area contributed by atoms with Crippen molar-refractivity contribution in [1.82, 2.24) is 0 Å². The number of benzene rings is 5. The lowest BCUT2D eigenvalue weighted by atomic mass is 9.97. The van der Waals surface area contributed by atoms with Crippen molar-refractivity contribution in [2.75, 3.05) is 0 Å². The molecule has 0 aliphatic heterocycles. The summed E-state index contributed by atoms with van der Waals surface area (Å²) in [7, 11) is 0. The lowest BCUT2D eigenvalue weighted by Gasteiger charge is -2.08. The average Bonchev–Trinajstić information content (AvgIpc) is 2.82. The van der Waals surface area contributed by atoms with Gasteiger partial charge in [-0.15, -0.1) is 5.11 Å². The molecule has 0 heterocycles. The lowest BCUT2D eigenvalue weighted by Crippen LogP contribution is -1.88. The monoisotopic (exact) mass is 413 g/mol. The topological polar surface area (TPSA) is 37.1 Å². The summed E-state index contributed by atoms with van der Waals surface area (Å²) in [5.74, 6) is 0. The van der Waals surface area contributed by atoms with Gasteiger partial charge in [0.1, 0.15) is 5.69 Å². The second-order valence-electron chi connectivity index (χ2n) is 8.02. The van der Waals surface area contributed by atoms with Crippen LogP contribution in [0.25, 0.3) is 21.5 Å². The van der Waals surface area contributed by atoms with Gasteiger partial charge in [0.2, 0.25) is 0 Å². The van der Waals surface area contributed by atoms with Gasteiger partial charge in [0.05, 0.1) is 11.4 Å². The molecule has 0 spiro atoms. The van der Waals surface area contributed by atoms with Gasteiger partial charge in [-0.25, -0.2) is 0 Å². The van der Waals surface area contributed by atoms with Crippen LogP contribution in [0.5, 0.6) is 0 Å². The zero-order chi connectivity index (χ0) is 21.9. The minimum absolute atomic E-state index is 0.747. The maximum atomic E-state index is 4.89. The zero-order valence-electron chi connectivity index (χ0n) is 18.2. The van der Waals surface area contributed by atoms with E-state index in [0.717, 1.165) is 28.2 Å². The molecule has 3 nitrogen and oxygen atoms in total. The van der Waals surface area contributed by atoms with Crippen molar-refractivity contribution in [3.05, 3.63) is 114 Å². The summed E-state index contributed by atoms with van der Waals surface area (Å²) in [5.41, 5.74) is 5.82. The summed E-state index contributed by atoms with van der Waals surface area (Å²) in [6.07, 6.45) is 1.96. The van der Waals surface area contributed by atoms with Crippen LogP contribution in [0.2, 0.25) is 0 Å². The molecule has 3 heteroatoms. The molecule has 0 saturated carbocycles. The molecule has 0 bridgehead atoms. The highest BCUT2D eigenvalue weighted by Crippen LogP contribution is 2.32. The third-order valence-corrected chi connectivity index (χ3v) is 5.58. The highest BCUT2D eigenvalue weighted by Gasteiger charge is 2.07. The van der Waals surface area contributed by atoms with Crippen molar-refractivity contribution in [2.45, 2.75) is 13.8 Å². The van der Waals surface area contributed by atoms with E-state index < -0.39 is 0 Å². The van der Waals surface area contributed by atoms with Gasteiger partial charge in [-0.3, -0.25) is 4.99 Å². The smallest absolute Gasteiger partial charge is 0.111 e. The Bertz CT molecular complexity index is 1420. The van der Waals surface area contributed by atoms with Gasteiger partial charge < -0.3 is 0 Å². The van der Waals surface area contributed by atoms with Crippen molar-refractivity contribution in [3.8, 4) is 0 Å². The zero-order valence-corrected chi connectivity index (χ0v) is 18.2. The molecule has 0 N–H and O–H groups in total. The van der Waals surface area contributed by atoms with Crippen LogP contribution in [-0.4, -0.2) is 6.21 Å². The summed E-state index contributed by atoms with van der Waals surface area (Å²) in [4.78, 5) is 4.89. The second-order valence-corrected chi connectivity index (χ2v) is 8.02. The predicted molar refractivity (Wildman–Crippen MR) is 135 cm³/mol. The Morgan fingerprint density at radius 2 is 1.19 bits per heavy atom. The number of rotatable bonds is 4. The summed E-state index contributed by atoms with van der Waals surface area (Å²) in [5, 5.41) is 13.7. The first-order chi connectivity index (χ1) is 15.7. The van der Waals surface area contributed by atoms with Gasteiger partial charge in [-0.2, -0.15) is 5.11 Å². The molecule has 0 amide bonds. The van der Waals surface area contributed by atoms with E-state index in [1.165, 1.54) is 27.1 Å². The Morgan fingerprint density at radius 3 is 1.88 bits per heavy atom. The van der Waals surface area contributed by atoms with E-state index in [4.69, 9.17) is 4.99 Å². The Morgan fingerprint density at radius 1 is 0.562 bits per heavy atom. The number of hydrogen-bond acceptors (Lipinski definition) is 3. The molecular weight excluding hydrogens is 390 g/mol. The Kier molecular flexibility index (Phi) is 5.30. The first-order valence-electron chi connectivity index (χ1n) is 10.7. The van der Waals surface area contributed by atoms with Crippen LogP contribution in [0.3, 0.4) is 0 Å². The van der Waals surface area contributed by atoms with Crippen molar-refractivity contribution < 1.29 is 0 Å². The molecule has 154 valence electrons. The first kappa shape index (κ1) is 19.8. The standard InChI is InChI=1S/C29H23N3/c1-20-11-14-24(15-12-20)31-32-28-16-13-21(2)17-29(28)30-19-27-25-9-5-3-7-22(25)18-23-8-4-6-10-26(23)27/h3-19H,1-2H3. The van der Waals surface area contributed by atoms with E-state index in [9.17, 15) is 0 Å². The van der Waals surface area contributed by atoms with Crippen molar-refractivity contribution >= 4 is 44.8 Å². The predicted octanol–water partition coefficient (Wildman–Crippen LogP) is 8.78. The molecular formula is C29H23N3. The number of aliphatic imine (C=N–C) groups is 1. The quantitative estimate of drug-likeness (QED) is 0.160. The summed E-state index contributed by atoms with van der Waals surface area (Å²) >= 11 is 0. The van der Waals surface area contributed by atoms with Gasteiger partial charge in [-0.05, 0) is 71.3 Å². The van der Waals surface area contributed by atoms with E-state index in [1.54, 1.807) is 0 Å². The highest BCUT2D eigenvalue weighted by molar-refractivity contribution is 6.13. The molecule has 0 fully saturated rings. The molecule has 0 radical (unpaired) electrons. The van der Waals surface area contributed by atoms with Gasteiger partial charge >= 0.3 is 0 Å². The number of hydrogen-bond donors (Lipinski definition) is 0. The van der Waals surface area contributed by atoms with Gasteiger partial charge in [0.25, 0.3) is 0 Å². The molecule has 0 saturated heterocycles. The van der Waals surface area contributed by atoms with E-state index in [-0.39, 0.29) is 0 Å². The van der Waals surface area contributed by atoms with Crippen LogP contribution in [0.15, 0.2) is 112 Å². The summed E-state index contributed by atoms with van der Waals surface area (Å²) in [6, 6.07) is 33.2. The Labute approximate surface area is 187 Å². The fourth-order valence-corrected chi connectivity index (χ4v) is 3.87. The molecule has 5 rings (SSSR count). The summed E-state index contributed by atoms with van der Waals surface area (Å²) < 4.78 is 0. The molecule has 0 aliphatic rings. The third kappa shape index (κ3) is 4.06. The lowest BCUT2D eigenvalue weighted by molar-refractivity contribution is 1.22. The number of nitrogens with zero attached hydrogens (tertiary/aromatic N) is 3. The van der Waals surface area contributed by atoms with Crippen LogP contribution >= 0.6 is 0 Å². The number of fused-ring (bicyclic) bond motifs is 2. The fraction of sp³-hybridized carbons (Fsp3) is 0.0690. The normalized spacial score (nSPS) is 11.8. The number of azo groups is 1. The third-order valence-electron chi connectivity index (χ3n) is 5.58. The largest absolute Gasteiger partial charge is 0.254 e. The molecule has 5 aromatic rings. The Balaban J connectivity index is 1.60. The van der Waals surface area contributed by atoms with Crippen molar-refractivity contribution in [1.29, 1.82) is 0 Å². The number of aryl methyl sites for hydroxylation is 2. The van der Waals surface area contributed by atoms with Crippen molar-refractivity contribution in [2.24, 2.45) is 15.2 Å². The second kappa shape index (κ2) is 8.56. The average molecular weight is 414 g/mol. The van der Waals surface area contributed by atoms with E-state index in [0.29, 0.717) is 0 Å². The molecule has 0 aliphatic carbocycles. The van der Waals surface area contributed by atoms with Crippen molar-refractivity contribution in [3.63, 3.8) is 0 Å². The fourth-order valence-electron chi connectivity index (χ4n) is 3.87. The maximum Gasteiger partial charge on any atom is 0.111 e. The van der Waals surface area contributed by atoms with Crippen LogP contribution in [0, 0.1) is 13.8 Å². The molecule has 32 heavy (non-hydrogen) atoms. The van der Waals surface area contributed by atoms with Gasteiger partial charge in [0.15, 0.2) is 0 Å². The Hall–Kier alpha value is -4.11. The first-order valence-corrected chi connectivity index (χ1v) is 10.7. The molecule has 0 unspecified atom stereocenters. The SMILES string of the molecule is Cc1ccc(N=Nc2ccc(C)cc2N=Cc2c3ccccc3cc3ccccc23)cc1. The van der Waals surface area contributed by atoms with E-state index in [1.807, 2.05) is 48.7 Å². The van der Waals surface area contributed by atoms with Crippen LogP contribution in [0.4, 0.5) is 17.1 Å². The maximum absolute atomic E-state index is 4.89. The minimum atomic E-state index is 0.747. The van der Waals surface area contributed by atoms with Crippen LogP contribution < -0.4 is 0 Å². The summed E-state index contributed by atoms with van der Waals surface area (Å²) in [6.45, 7) is 4.12. The minimum Gasteiger partial charge on any atom is -0.254 e. The van der Waals surface area contributed by atoms with Crippen LogP contribution in [-0.2, 0) is 0 Å². The molecule has 5 aromatic carbocycles.